The van der Waals surface area contributed by atoms with Crippen LogP contribution in [0.2, 0.25) is 0 Å². The minimum Gasteiger partial charge on any atom is -0.457 e. The Morgan fingerprint density at radius 1 is 1.00 bits per heavy atom. The van der Waals surface area contributed by atoms with Crippen molar-refractivity contribution < 1.29 is 13.9 Å². The van der Waals surface area contributed by atoms with E-state index in [0.717, 1.165) is 29.6 Å². The van der Waals surface area contributed by atoms with Crippen molar-refractivity contribution in [3.8, 4) is 11.5 Å². The maximum Gasteiger partial charge on any atom is 0.221 e. The van der Waals surface area contributed by atoms with Gasteiger partial charge in [0.05, 0.1) is 5.69 Å². The summed E-state index contributed by atoms with van der Waals surface area (Å²) >= 11 is 0. The van der Waals surface area contributed by atoms with Gasteiger partial charge < -0.3 is 15.4 Å². The molecule has 0 aliphatic rings. The Hall–Kier alpha value is -4.00. The first kappa shape index (κ1) is 21.2. The number of rotatable bonds is 7. The molecule has 0 fully saturated rings. The molecule has 0 bridgehead atoms. The Morgan fingerprint density at radius 2 is 1.81 bits per heavy atom. The van der Waals surface area contributed by atoms with Crippen LogP contribution in [0.4, 0.5) is 21.5 Å². The van der Waals surface area contributed by atoms with E-state index in [1.807, 2.05) is 18.2 Å². The molecule has 2 aromatic carbocycles. The lowest BCUT2D eigenvalue weighted by molar-refractivity contribution is -0.114. The minimum atomic E-state index is -0.429. The van der Waals surface area contributed by atoms with Crippen LogP contribution in [0.25, 0.3) is 11.0 Å². The number of aromatic nitrogens is 2. The summed E-state index contributed by atoms with van der Waals surface area (Å²) in [7, 11) is 0. The Balaban J connectivity index is 1.56. The van der Waals surface area contributed by atoms with E-state index in [9.17, 15) is 9.18 Å². The predicted octanol–water partition coefficient (Wildman–Crippen LogP) is 6.22. The summed E-state index contributed by atoms with van der Waals surface area (Å²) in [4.78, 5) is 20.1. The molecule has 2 aromatic heterocycles. The van der Waals surface area contributed by atoms with E-state index < -0.39 is 5.82 Å². The number of fused-ring (bicyclic) bond motifs is 1. The van der Waals surface area contributed by atoms with Crippen molar-refractivity contribution in [3.05, 3.63) is 78.4 Å². The molecule has 0 saturated carbocycles. The van der Waals surface area contributed by atoms with E-state index in [4.69, 9.17) is 4.74 Å². The van der Waals surface area contributed by atoms with Crippen molar-refractivity contribution in [3.63, 3.8) is 0 Å². The first-order valence-electron chi connectivity index (χ1n) is 10.4. The summed E-state index contributed by atoms with van der Waals surface area (Å²) in [5, 5.41) is 6.79. The van der Waals surface area contributed by atoms with Gasteiger partial charge in [0.15, 0.2) is 5.65 Å². The fourth-order valence-electron chi connectivity index (χ4n) is 3.37. The quantitative estimate of drug-likeness (QED) is 0.364. The zero-order chi connectivity index (χ0) is 22.5. The highest BCUT2D eigenvalue weighted by Crippen LogP contribution is 2.30. The topological polar surface area (TPSA) is 76.1 Å². The van der Waals surface area contributed by atoms with Gasteiger partial charge in [-0.1, -0.05) is 13.3 Å². The second-order valence-electron chi connectivity index (χ2n) is 7.39. The number of carbonyl (C=O) groups excluding carboxylic acids is 1. The van der Waals surface area contributed by atoms with Gasteiger partial charge in [0.1, 0.15) is 17.3 Å². The van der Waals surface area contributed by atoms with Gasteiger partial charge in [-0.25, -0.2) is 14.4 Å². The second-order valence-corrected chi connectivity index (χ2v) is 7.39. The molecule has 0 saturated heterocycles. The van der Waals surface area contributed by atoms with E-state index in [0.29, 0.717) is 28.5 Å². The summed E-state index contributed by atoms with van der Waals surface area (Å²) in [6.45, 7) is 3.55. The average molecular weight is 430 g/mol. The summed E-state index contributed by atoms with van der Waals surface area (Å²) in [6, 6.07) is 17.1. The van der Waals surface area contributed by atoms with E-state index >= 15 is 0 Å². The number of hydrogen-bond donors (Lipinski definition) is 2. The number of halogens is 1. The van der Waals surface area contributed by atoms with Crippen molar-refractivity contribution in [2.75, 3.05) is 10.6 Å². The molecule has 0 spiro atoms. The van der Waals surface area contributed by atoms with Gasteiger partial charge in [-0.2, -0.15) is 0 Å². The van der Waals surface area contributed by atoms with Crippen molar-refractivity contribution in [1.29, 1.82) is 0 Å². The van der Waals surface area contributed by atoms with E-state index in [1.165, 1.54) is 19.1 Å². The van der Waals surface area contributed by atoms with Crippen LogP contribution in [-0.4, -0.2) is 15.9 Å². The molecular weight excluding hydrogens is 407 g/mol. The molecule has 7 heteroatoms. The molecule has 32 heavy (non-hydrogen) atoms. The third-order valence-corrected chi connectivity index (χ3v) is 4.73. The number of pyridine rings is 2. The smallest absolute Gasteiger partial charge is 0.221 e. The number of nitrogens with zero attached hydrogens (tertiary/aromatic N) is 2. The van der Waals surface area contributed by atoms with Crippen LogP contribution in [-0.2, 0) is 11.2 Å². The summed E-state index contributed by atoms with van der Waals surface area (Å²) in [5.74, 6) is 0.292. The minimum absolute atomic E-state index is 0.153. The lowest BCUT2D eigenvalue weighted by atomic mass is 10.2. The second kappa shape index (κ2) is 9.43. The largest absolute Gasteiger partial charge is 0.457 e. The lowest BCUT2D eigenvalue weighted by Crippen LogP contribution is -2.05. The Morgan fingerprint density at radius 3 is 2.56 bits per heavy atom. The fraction of sp³-hybridized carbons (Fsp3) is 0.160. The third kappa shape index (κ3) is 5.18. The molecular formula is C25H23FN4O2. The number of carbonyl (C=O) groups is 1. The van der Waals surface area contributed by atoms with Crippen LogP contribution in [0.15, 0.2) is 66.9 Å². The van der Waals surface area contributed by atoms with Crippen LogP contribution in [0, 0.1) is 5.82 Å². The maximum absolute atomic E-state index is 14.3. The van der Waals surface area contributed by atoms with Crippen LogP contribution in [0.3, 0.4) is 0 Å². The van der Waals surface area contributed by atoms with Gasteiger partial charge in [0, 0.05) is 47.7 Å². The molecule has 6 nitrogen and oxygen atoms in total. The SMILES string of the molecule is CCCc1ccc2c(Nc3cc(F)cc(Oc4ccc(NC(C)=O)cc4)c3)ccnc2n1. The van der Waals surface area contributed by atoms with Crippen molar-refractivity contribution in [2.24, 2.45) is 0 Å². The average Bonchev–Trinajstić information content (AvgIpc) is 2.75. The number of benzene rings is 2. The van der Waals surface area contributed by atoms with E-state index in [2.05, 4.69) is 27.5 Å². The molecule has 0 radical (unpaired) electrons. The highest BCUT2D eigenvalue weighted by molar-refractivity contribution is 5.91. The fourth-order valence-corrected chi connectivity index (χ4v) is 3.37. The predicted molar refractivity (Wildman–Crippen MR) is 124 cm³/mol. The third-order valence-electron chi connectivity index (χ3n) is 4.73. The summed E-state index contributed by atoms with van der Waals surface area (Å²) in [5.41, 5.74) is 3.62. The highest BCUT2D eigenvalue weighted by atomic mass is 19.1. The van der Waals surface area contributed by atoms with Gasteiger partial charge in [-0.15, -0.1) is 0 Å². The molecule has 0 atom stereocenters. The van der Waals surface area contributed by atoms with Gasteiger partial charge in [0.2, 0.25) is 5.91 Å². The van der Waals surface area contributed by atoms with Crippen molar-refractivity contribution >= 4 is 34.0 Å². The van der Waals surface area contributed by atoms with Crippen molar-refractivity contribution in [1.82, 2.24) is 9.97 Å². The number of hydrogen-bond acceptors (Lipinski definition) is 5. The van der Waals surface area contributed by atoms with E-state index in [-0.39, 0.29) is 5.91 Å². The molecule has 1 amide bonds. The first-order valence-corrected chi connectivity index (χ1v) is 10.4. The van der Waals surface area contributed by atoms with Gasteiger partial charge in [-0.05, 0) is 55.0 Å². The lowest BCUT2D eigenvalue weighted by Gasteiger charge is -2.12. The molecule has 4 rings (SSSR count). The Labute approximate surface area is 185 Å². The van der Waals surface area contributed by atoms with Gasteiger partial charge in [0.25, 0.3) is 0 Å². The standard InChI is InChI=1S/C25H23FN4O2/c1-3-4-18-7-10-23-24(11-12-27-25(23)30-18)29-20-13-17(26)14-22(15-20)32-21-8-5-19(6-9-21)28-16(2)31/h5-15H,3-4H2,1-2H3,(H,28,31)(H,27,29,30). The molecule has 4 aromatic rings. The molecule has 0 aliphatic heterocycles. The summed E-state index contributed by atoms with van der Waals surface area (Å²) < 4.78 is 20.1. The monoisotopic (exact) mass is 430 g/mol. The zero-order valence-corrected chi connectivity index (χ0v) is 17.9. The van der Waals surface area contributed by atoms with Crippen molar-refractivity contribution in [2.45, 2.75) is 26.7 Å². The van der Waals surface area contributed by atoms with Crippen LogP contribution >= 0.6 is 0 Å². The normalized spacial score (nSPS) is 10.7. The van der Waals surface area contributed by atoms with Crippen LogP contribution in [0.1, 0.15) is 26.0 Å². The Kier molecular flexibility index (Phi) is 6.26. The molecule has 0 unspecified atom stereocenters. The first-order chi connectivity index (χ1) is 15.5. The van der Waals surface area contributed by atoms with Crippen LogP contribution in [0.5, 0.6) is 11.5 Å². The van der Waals surface area contributed by atoms with Gasteiger partial charge >= 0.3 is 0 Å². The highest BCUT2D eigenvalue weighted by Gasteiger charge is 2.08. The molecule has 162 valence electrons. The number of amides is 1. The Bertz CT molecular complexity index is 1260. The maximum atomic E-state index is 14.3. The summed E-state index contributed by atoms with van der Waals surface area (Å²) in [6.07, 6.45) is 3.59. The van der Waals surface area contributed by atoms with Gasteiger partial charge in [-0.3, -0.25) is 4.79 Å². The zero-order valence-electron chi connectivity index (χ0n) is 17.9. The number of aryl methyl sites for hydroxylation is 1. The number of ether oxygens (including phenoxy) is 1. The number of anilines is 3. The van der Waals surface area contributed by atoms with Crippen LogP contribution < -0.4 is 15.4 Å². The number of nitrogens with one attached hydrogen (secondary N) is 2. The van der Waals surface area contributed by atoms with E-state index in [1.54, 1.807) is 36.5 Å². The molecule has 2 N–H and O–H groups in total. The molecule has 2 heterocycles. The molecule has 0 aliphatic carbocycles.